The molecule has 2 aromatic carbocycles. The van der Waals surface area contributed by atoms with Gasteiger partial charge in [0.25, 0.3) is 0 Å². The van der Waals surface area contributed by atoms with Gasteiger partial charge < -0.3 is 34.5 Å². The van der Waals surface area contributed by atoms with Crippen LogP contribution in [0.1, 0.15) is 26.7 Å². The van der Waals surface area contributed by atoms with Gasteiger partial charge in [-0.15, -0.1) is 0 Å². The Labute approximate surface area is 266 Å². The highest BCUT2D eigenvalue weighted by atomic mass is 35.5. The number of benzene rings is 2. The fourth-order valence-electron chi connectivity index (χ4n) is 5.72. The summed E-state index contributed by atoms with van der Waals surface area (Å²) in [5.74, 6) is 2.07. The van der Waals surface area contributed by atoms with Crippen LogP contribution in [-0.2, 0) is 4.57 Å². The molecule has 0 amide bonds. The highest BCUT2D eigenvalue weighted by Gasteiger charge is 2.27. The molecule has 0 spiro atoms. The lowest BCUT2D eigenvalue weighted by Crippen LogP contribution is -2.52. The number of hydrogen-bond acceptors (Lipinski definition) is 10. The minimum Gasteiger partial charge on any atom is -0.494 e. The van der Waals surface area contributed by atoms with Gasteiger partial charge in [-0.1, -0.05) is 11.6 Å². The monoisotopic (exact) mass is 641 g/mol. The molecule has 3 aromatic rings. The first-order valence-corrected chi connectivity index (χ1v) is 18.3. The molecule has 0 aliphatic carbocycles. The van der Waals surface area contributed by atoms with Crippen LogP contribution in [0, 0.1) is 0 Å². The summed E-state index contributed by atoms with van der Waals surface area (Å²) in [5.41, 5.74) is 2.57. The maximum Gasteiger partial charge on any atom is 0.229 e. The predicted octanol–water partition coefficient (Wildman–Crippen LogP) is 5.88. The number of nitrogens with zero attached hydrogens (tertiary/aromatic N) is 5. The molecule has 2 N–H and O–H groups in total. The number of ether oxygens (including phenoxy) is 2. The molecule has 0 bridgehead atoms. The number of halogens is 1. The molecule has 0 saturated carbocycles. The van der Waals surface area contributed by atoms with Crippen LogP contribution in [0.5, 0.6) is 11.5 Å². The molecular formula is C32H45ClN7O3P. The summed E-state index contributed by atoms with van der Waals surface area (Å²) in [6.07, 6.45) is 3.82. The van der Waals surface area contributed by atoms with Crippen molar-refractivity contribution in [2.24, 2.45) is 0 Å². The maximum absolute atomic E-state index is 12.7. The third kappa shape index (κ3) is 7.96. The van der Waals surface area contributed by atoms with Gasteiger partial charge in [0.2, 0.25) is 5.95 Å². The van der Waals surface area contributed by atoms with Crippen LogP contribution >= 0.6 is 18.7 Å². The van der Waals surface area contributed by atoms with Crippen molar-refractivity contribution >= 4 is 52.9 Å². The van der Waals surface area contributed by atoms with Gasteiger partial charge in [0.05, 0.1) is 30.8 Å². The number of anilines is 5. The predicted molar refractivity (Wildman–Crippen MR) is 182 cm³/mol. The Balaban J connectivity index is 1.28. The number of piperidine rings is 1. The Bertz CT molecular complexity index is 1480. The lowest BCUT2D eigenvalue weighted by Gasteiger charge is -2.42. The Kier molecular flexibility index (Phi) is 10.3. The highest BCUT2D eigenvalue weighted by Crippen LogP contribution is 2.39. The quantitative estimate of drug-likeness (QED) is 0.262. The third-order valence-corrected chi connectivity index (χ3v) is 10.1. The van der Waals surface area contributed by atoms with Crippen LogP contribution in [-0.4, -0.2) is 98.7 Å². The van der Waals surface area contributed by atoms with E-state index in [0.717, 1.165) is 42.9 Å². The number of methoxy groups -OCH3 is 1. The lowest BCUT2D eigenvalue weighted by molar-refractivity contribution is 0.0982. The molecule has 2 aliphatic heterocycles. The van der Waals surface area contributed by atoms with Gasteiger partial charge >= 0.3 is 0 Å². The fraction of sp³-hybridized carbons (Fsp3) is 0.500. The van der Waals surface area contributed by atoms with Crippen LogP contribution in [0.25, 0.3) is 0 Å². The van der Waals surface area contributed by atoms with E-state index in [2.05, 4.69) is 54.5 Å². The first-order chi connectivity index (χ1) is 21.0. The van der Waals surface area contributed by atoms with E-state index in [1.54, 1.807) is 26.6 Å². The largest absolute Gasteiger partial charge is 0.494 e. The van der Waals surface area contributed by atoms with Gasteiger partial charge in [0, 0.05) is 62.4 Å². The van der Waals surface area contributed by atoms with E-state index >= 15 is 0 Å². The molecule has 44 heavy (non-hydrogen) atoms. The smallest absolute Gasteiger partial charge is 0.229 e. The normalized spacial score (nSPS) is 17.1. The van der Waals surface area contributed by atoms with Gasteiger partial charge in [-0.3, -0.25) is 4.90 Å². The van der Waals surface area contributed by atoms with Crippen molar-refractivity contribution in [3.8, 4) is 11.5 Å². The molecule has 10 nitrogen and oxygen atoms in total. The van der Waals surface area contributed by atoms with E-state index in [0.29, 0.717) is 40.0 Å². The van der Waals surface area contributed by atoms with Crippen LogP contribution in [0.4, 0.5) is 28.8 Å². The van der Waals surface area contributed by atoms with E-state index in [9.17, 15) is 4.57 Å². The Hall–Kier alpha value is -3.04. The minimum atomic E-state index is -2.47. The molecule has 2 aliphatic rings. The molecule has 1 aromatic heterocycles. The third-order valence-electron chi connectivity index (χ3n) is 8.26. The van der Waals surface area contributed by atoms with E-state index in [4.69, 9.17) is 21.1 Å². The Morgan fingerprint density at radius 3 is 2.30 bits per heavy atom. The molecule has 0 radical (unpaired) electrons. The van der Waals surface area contributed by atoms with Gasteiger partial charge in [-0.05, 0) is 77.4 Å². The Morgan fingerprint density at radius 1 is 0.955 bits per heavy atom. The fourth-order valence-corrected chi connectivity index (χ4v) is 6.72. The molecule has 2 saturated heterocycles. The summed E-state index contributed by atoms with van der Waals surface area (Å²) in [6, 6.07) is 12.4. The second kappa shape index (κ2) is 13.9. The summed E-state index contributed by atoms with van der Waals surface area (Å²) < 4.78 is 24.5. The maximum atomic E-state index is 12.7. The van der Waals surface area contributed by atoms with Crippen LogP contribution in [0.3, 0.4) is 0 Å². The van der Waals surface area contributed by atoms with Gasteiger partial charge in [0.1, 0.15) is 23.7 Å². The molecule has 2 fully saturated rings. The number of likely N-dealkylation sites (N-methyl/N-ethyl adjacent to an activating group) is 1. The summed E-state index contributed by atoms with van der Waals surface area (Å²) in [7, 11) is 1.41. The SMILES string of the molecule is COc1cc(N2CCC(N3CCN(C)CC3)CC2)ccc1Nc1ncc(Cl)c(Nc2ccc(P(C)(C)=O)cc2OC(C)C)n1. The van der Waals surface area contributed by atoms with E-state index < -0.39 is 7.14 Å². The molecule has 0 atom stereocenters. The minimum absolute atomic E-state index is 0.0734. The van der Waals surface area contributed by atoms with Crippen molar-refractivity contribution in [2.45, 2.75) is 38.8 Å². The first-order valence-electron chi connectivity index (χ1n) is 15.3. The summed E-state index contributed by atoms with van der Waals surface area (Å²) >= 11 is 6.51. The summed E-state index contributed by atoms with van der Waals surface area (Å²) in [6.45, 7) is 14.1. The molecule has 3 heterocycles. The first kappa shape index (κ1) is 32.4. The van der Waals surface area contributed by atoms with Crippen molar-refractivity contribution in [1.82, 2.24) is 19.8 Å². The van der Waals surface area contributed by atoms with Crippen LogP contribution < -0.4 is 30.3 Å². The van der Waals surface area contributed by atoms with Crippen molar-refractivity contribution in [3.63, 3.8) is 0 Å². The van der Waals surface area contributed by atoms with Crippen LogP contribution in [0.2, 0.25) is 5.02 Å². The average Bonchev–Trinajstić information content (AvgIpc) is 2.99. The average molecular weight is 642 g/mol. The van der Waals surface area contributed by atoms with Crippen molar-refractivity contribution in [2.75, 3.05) is 82.3 Å². The second-order valence-electron chi connectivity index (χ2n) is 12.3. The zero-order valence-corrected chi connectivity index (χ0v) is 28.3. The van der Waals surface area contributed by atoms with E-state index in [-0.39, 0.29) is 6.10 Å². The molecular weight excluding hydrogens is 597 g/mol. The number of hydrogen-bond donors (Lipinski definition) is 2. The molecule has 0 unspecified atom stereocenters. The lowest BCUT2D eigenvalue weighted by atomic mass is 10.0. The topological polar surface area (TPSA) is 95.1 Å². The zero-order valence-electron chi connectivity index (χ0n) is 26.6. The number of nitrogens with one attached hydrogen (secondary N) is 2. The molecule has 238 valence electrons. The standard InChI is InChI=1S/C32H45ClN7O3P/c1-22(2)43-30-20-25(44(5,6)41)8-10-28(30)35-31-26(33)21-34-32(37-31)36-27-9-7-24(19-29(27)42-4)39-13-11-23(12-14-39)40-17-15-38(3)16-18-40/h7-10,19-23H,11-18H2,1-6H3,(H2,34,35,36,37). The second-order valence-corrected chi connectivity index (χ2v) is 15.9. The van der Waals surface area contributed by atoms with Gasteiger partial charge in [0.15, 0.2) is 5.82 Å². The molecule has 5 rings (SSSR count). The van der Waals surface area contributed by atoms with Crippen LogP contribution in [0.15, 0.2) is 42.6 Å². The molecule has 12 heteroatoms. The number of piperazine rings is 1. The summed E-state index contributed by atoms with van der Waals surface area (Å²) in [4.78, 5) is 16.6. The Morgan fingerprint density at radius 2 is 1.64 bits per heavy atom. The number of rotatable bonds is 10. The van der Waals surface area contributed by atoms with Crippen molar-refractivity contribution in [1.29, 1.82) is 0 Å². The van der Waals surface area contributed by atoms with Gasteiger partial charge in [-0.25, -0.2) is 4.98 Å². The van der Waals surface area contributed by atoms with Gasteiger partial charge in [-0.2, -0.15) is 4.98 Å². The van der Waals surface area contributed by atoms with Crippen molar-refractivity contribution in [3.05, 3.63) is 47.6 Å². The zero-order chi connectivity index (χ0) is 31.4. The van der Waals surface area contributed by atoms with E-state index in [1.807, 2.05) is 38.1 Å². The highest BCUT2D eigenvalue weighted by molar-refractivity contribution is 7.70. The van der Waals surface area contributed by atoms with E-state index in [1.165, 1.54) is 25.9 Å². The van der Waals surface area contributed by atoms with Crippen molar-refractivity contribution < 1.29 is 14.0 Å². The number of aromatic nitrogens is 2. The summed E-state index contributed by atoms with van der Waals surface area (Å²) in [5, 5.41) is 7.67.